The van der Waals surface area contributed by atoms with Crippen molar-refractivity contribution in [1.29, 1.82) is 0 Å². The van der Waals surface area contributed by atoms with Crippen LogP contribution in [-0.4, -0.2) is 8.42 Å². The van der Waals surface area contributed by atoms with Gasteiger partial charge in [0.15, 0.2) is 0 Å². The molecule has 0 atom stereocenters. The molecular weight excluding hydrogens is 258 g/mol. The highest BCUT2D eigenvalue weighted by atomic mass is 35.5. The fourth-order valence-corrected chi connectivity index (χ4v) is 3.06. The van der Waals surface area contributed by atoms with E-state index in [1.165, 1.54) is 30.3 Å². The van der Waals surface area contributed by atoms with Crippen molar-refractivity contribution in [2.45, 2.75) is 9.79 Å². The molecule has 0 unspecified atom stereocenters. The standard InChI is InChI=1S/C12H10ClNO2S/c13-9-6-7-12(11(14)8-9)17(15,16)10-4-2-1-3-5-10/h1-8H,14H2. The van der Waals surface area contributed by atoms with Gasteiger partial charge in [-0.15, -0.1) is 0 Å². The Labute approximate surface area is 105 Å². The minimum Gasteiger partial charge on any atom is -0.398 e. The molecule has 88 valence electrons. The summed E-state index contributed by atoms with van der Waals surface area (Å²) in [6.07, 6.45) is 0. The third-order valence-electron chi connectivity index (χ3n) is 2.31. The Kier molecular flexibility index (Phi) is 3.09. The van der Waals surface area contributed by atoms with Crippen molar-refractivity contribution >= 4 is 27.1 Å². The van der Waals surface area contributed by atoms with Gasteiger partial charge in [-0.2, -0.15) is 0 Å². The molecule has 3 nitrogen and oxygen atoms in total. The molecule has 0 bridgehead atoms. The molecule has 0 aliphatic carbocycles. The first-order chi connectivity index (χ1) is 8.01. The van der Waals surface area contributed by atoms with E-state index in [4.69, 9.17) is 17.3 Å². The summed E-state index contributed by atoms with van der Waals surface area (Å²) in [5.41, 5.74) is 5.84. The van der Waals surface area contributed by atoms with Crippen molar-refractivity contribution in [3.8, 4) is 0 Å². The van der Waals surface area contributed by atoms with E-state index in [1.807, 2.05) is 0 Å². The second-order valence-corrected chi connectivity index (χ2v) is 5.85. The van der Waals surface area contributed by atoms with Crippen LogP contribution in [0.15, 0.2) is 58.3 Å². The van der Waals surface area contributed by atoms with Crippen LogP contribution in [0, 0.1) is 0 Å². The Morgan fingerprint density at radius 2 is 1.65 bits per heavy atom. The smallest absolute Gasteiger partial charge is 0.208 e. The summed E-state index contributed by atoms with van der Waals surface area (Å²) in [5.74, 6) is 0. The molecule has 0 heterocycles. The largest absolute Gasteiger partial charge is 0.398 e. The van der Waals surface area contributed by atoms with E-state index in [0.29, 0.717) is 5.02 Å². The SMILES string of the molecule is Nc1cc(Cl)ccc1S(=O)(=O)c1ccccc1. The topological polar surface area (TPSA) is 60.2 Å². The lowest BCUT2D eigenvalue weighted by molar-refractivity contribution is 0.596. The predicted octanol–water partition coefficient (Wildman–Crippen LogP) is 2.76. The lowest BCUT2D eigenvalue weighted by Gasteiger charge is -2.07. The van der Waals surface area contributed by atoms with Crippen LogP contribution in [0.4, 0.5) is 5.69 Å². The lowest BCUT2D eigenvalue weighted by atomic mass is 10.3. The minimum atomic E-state index is -3.57. The van der Waals surface area contributed by atoms with Gasteiger partial charge in [-0.05, 0) is 30.3 Å². The second-order valence-electron chi connectivity index (χ2n) is 3.50. The molecule has 0 fully saturated rings. The van der Waals surface area contributed by atoms with Gasteiger partial charge >= 0.3 is 0 Å². The Bertz CT molecular complexity index is 639. The van der Waals surface area contributed by atoms with Crippen LogP contribution in [0.2, 0.25) is 5.02 Å². The van der Waals surface area contributed by atoms with Gasteiger partial charge in [0.1, 0.15) is 0 Å². The molecule has 2 N–H and O–H groups in total. The van der Waals surface area contributed by atoms with E-state index in [-0.39, 0.29) is 15.5 Å². The van der Waals surface area contributed by atoms with Crippen molar-refractivity contribution < 1.29 is 8.42 Å². The quantitative estimate of drug-likeness (QED) is 0.851. The average Bonchev–Trinajstić information content (AvgIpc) is 2.29. The van der Waals surface area contributed by atoms with Crippen LogP contribution in [0.1, 0.15) is 0 Å². The van der Waals surface area contributed by atoms with Gasteiger partial charge in [0.25, 0.3) is 0 Å². The predicted molar refractivity (Wildman–Crippen MR) is 67.8 cm³/mol. The van der Waals surface area contributed by atoms with Gasteiger partial charge in [0, 0.05) is 5.02 Å². The summed E-state index contributed by atoms with van der Waals surface area (Å²) in [7, 11) is -3.57. The number of benzene rings is 2. The van der Waals surface area contributed by atoms with Gasteiger partial charge in [-0.1, -0.05) is 29.8 Å². The van der Waals surface area contributed by atoms with E-state index in [9.17, 15) is 8.42 Å². The zero-order chi connectivity index (χ0) is 12.5. The Balaban J connectivity index is 2.61. The maximum Gasteiger partial charge on any atom is 0.208 e. The number of halogens is 1. The number of sulfone groups is 1. The van der Waals surface area contributed by atoms with Crippen LogP contribution < -0.4 is 5.73 Å². The van der Waals surface area contributed by atoms with E-state index in [0.717, 1.165) is 0 Å². The molecule has 0 spiro atoms. The van der Waals surface area contributed by atoms with Crippen LogP contribution in [0.3, 0.4) is 0 Å². The maximum atomic E-state index is 12.2. The van der Waals surface area contributed by atoms with Crippen molar-refractivity contribution in [1.82, 2.24) is 0 Å². The fraction of sp³-hybridized carbons (Fsp3) is 0. The molecule has 2 aromatic carbocycles. The zero-order valence-electron chi connectivity index (χ0n) is 8.80. The second kappa shape index (κ2) is 4.39. The number of hydrogen-bond acceptors (Lipinski definition) is 3. The normalized spacial score (nSPS) is 11.4. The van der Waals surface area contributed by atoms with E-state index in [2.05, 4.69) is 0 Å². The Morgan fingerprint density at radius 3 is 2.24 bits per heavy atom. The van der Waals surface area contributed by atoms with Crippen molar-refractivity contribution in [3.05, 3.63) is 53.6 Å². The van der Waals surface area contributed by atoms with Gasteiger partial charge in [0.2, 0.25) is 9.84 Å². The first-order valence-corrected chi connectivity index (χ1v) is 6.73. The molecule has 0 aliphatic heterocycles. The number of rotatable bonds is 2. The third-order valence-corrected chi connectivity index (χ3v) is 4.39. The van der Waals surface area contributed by atoms with Gasteiger partial charge in [0.05, 0.1) is 15.5 Å². The molecule has 0 saturated heterocycles. The van der Waals surface area contributed by atoms with E-state index >= 15 is 0 Å². The summed E-state index contributed by atoms with van der Waals surface area (Å²) in [6, 6.07) is 12.5. The number of nitrogen functional groups attached to an aromatic ring is 1. The molecule has 5 heteroatoms. The number of nitrogens with two attached hydrogens (primary N) is 1. The molecule has 17 heavy (non-hydrogen) atoms. The summed E-state index contributed by atoms with van der Waals surface area (Å²) in [6.45, 7) is 0. The highest BCUT2D eigenvalue weighted by Gasteiger charge is 2.19. The molecule has 2 rings (SSSR count). The molecule has 0 amide bonds. The van der Waals surface area contributed by atoms with Crippen molar-refractivity contribution in [2.75, 3.05) is 5.73 Å². The van der Waals surface area contributed by atoms with E-state index in [1.54, 1.807) is 18.2 Å². The minimum absolute atomic E-state index is 0.0769. The van der Waals surface area contributed by atoms with Crippen LogP contribution in [0.25, 0.3) is 0 Å². The Hall–Kier alpha value is -1.52. The zero-order valence-corrected chi connectivity index (χ0v) is 10.4. The van der Waals surface area contributed by atoms with Gasteiger partial charge in [-0.25, -0.2) is 8.42 Å². The molecule has 0 saturated carbocycles. The molecular formula is C12H10ClNO2S. The average molecular weight is 268 g/mol. The van der Waals surface area contributed by atoms with Crippen LogP contribution in [0.5, 0.6) is 0 Å². The van der Waals surface area contributed by atoms with Crippen LogP contribution >= 0.6 is 11.6 Å². The summed E-state index contributed by atoms with van der Waals surface area (Å²) < 4.78 is 24.5. The van der Waals surface area contributed by atoms with E-state index < -0.39 is 9.84 Å². The molecule has 0 radical (unpaired) electrons. The maximum absolute atomic E-state index is 12.2. The molecule has 0 aliphatic rings. The Morgan fingerprint density at radius 1 is 1.00 bits per heavy atom. The van der Waals surface area contributed by atoms with Gasteiger partial charge in [-0.3, -0.25) is 0 Å². The molecule has 2 aromatic rings. The lowest BCUT2D eigenvalue weighted by Crippen LogP contribution is -2.05. The molecule has 0 aromatic heterocycles. The first kappa shape index (κ1) is 12.0. The highest BCUT2D eigenvalue weighted by Crippen LogP contribution is 2.27. The summed E-state index contributed by atoms with van der Waals surface area (Å²) in [4.78, 5) is 0.294. The fourth-order valence-electron chi connectivity index (χ4n) is 1.49. The number of anilines is 1. The monoisotopic (exact) mass is 267 g/mol. The van der Waals surface area contributed by atoms with Crippen molar-refractivity contribution in [3.63, 3.8) is 0 Å². The summed E-state index contributed by atoms with van der Waals surface area (Å²) in [5, 5.41) is 0.412. The summed E-state index contributed by atoms with van der Waals surface area (Å²) >= 11 is 5.74. The van der Waals surface area contributed by atoms with Crippen LogP contribution in [-0.2, 0) is 9.84 Å². The number of hydrogen-bond donors (Lipinski definition) is 1. The van der Waals surface area contributed by atoms with Gasteiger partial charge < -0.3 is 5.73 Å². The highest BCUT2D eigenvalue weighted by molar-refractivity contribution is 7.91. The third kappa shape index (κ3) is 2.28. The first-order valence-electron chi connectivity index (χ1n) is 4.87. The van der Waals surface area contributed by atoms with Crippen molar-refractivity contribution in [2.24, 2.45) is 0 Å².